The Hall–Kier alpha value is -4.16. The van der Waals surface area contributed by atoms with E-state index < -0.39 is 6.17 Å². The minimum atomic E-state index is -0.695. The van der Waals surface area contributed by atoms with Crippen molar-refractivity contribution in [2.24, 2.45) is 0 Å². The predicted octanol–water partition coefficient (Wildman–Crippen LogP) is 9.24. The van der Waals surface area contributed by atoms with Gasteiger partial charge in [-0.05, 0) is 99.0 Å². The van der Waals surface area contributed by atoms with E-state index in [1.165, 1.54) is 19.3 Å². The fourth-order valence-electron chi connectivity index (χ4n) is 7.15. The first-order chi connectivity index (χ1) is 24.8. The smallest absolute Gasteiger partial charge is 0.142 e. The molecule has 0 unspecified atom stereocenters. The number of rotatable bonds is 14. The summed E-state index contributed by atoms with van der Waals surface area (Å²) in [7, 11) is 0. The highest BCUT2D eigenvalue weighted by molar-refractivity contribution is 6.32. The number of ether oxygens (including phenoxy) is 3. The van der Waals surface area contributed by atoms with E-state index in [-0.39, 0.29) is 6.61 Å². The van der Waals surface area contributed by atoms with E-state index >= 15 is 0 Å². The van der Waals surface area contributed by atoms with E-state index in [2.05, 4.69) is 65.9 Å². The van der Waals surface area contributed by atoms with Crippen LogP contribution in [0.4, 0.5) is 4.39 Å². The summed E-state index contributed by atoms with van der Waals surface area (Å²) < 4.78 is 32.6. The van der Waals surface area contributed by atoms with Crippen molar-refractivity contribution in [1.82, 2.24) is 14.8 Å². The SMILES string of the molecule is Cc1c(COc2cc(OCc3cncc(C#N)c3)c(CN3CCCC[C@H]3C)cc2Cl)cccc1-c1cccc(OCCCN2CC[C@@H](F)C2)c1C. The second kappa shape index (κ2) is 17.4. The van der Waals surface area contributed by atoms with Gasteiger partial charge in [0.1, 0.15) is 42.7 Å². The molecule has 9 heteroatoms. The van der Waals surface area contributed by atoms with E-state index in [0.29, 0.717) is 54.3 Å². The van der Waals surface area contributed by atoms with Gasteiger partial charge in [0.15, 0.2) is 0 Å². The van der Waals surface area contributed by atoms with Crippen LogP contribution in [0.1, 0.15) is 72.4 Å². The summed E-state index contributed by atoms with van der Waals surface area (Å²) in [5.74, 6) is 2.13. The minimum Gasteiger partial charge on any atom is -0.493 e. The van der Waals surface area contributed by atoms with Gasteiger partial charge in [-0.15, -0.1) is 0 Å². The Morgan fingerprint density at radius 1 is 0.882 bits per heavy atom. The molecule has 2 aliphatic rings. The molecule has 7 nitrogen and oxygen atoms in total. The molecule has 2 saturated heterocycles. The number of hydrogen-bond acceptors (Lipinski definition) is 7. The van der Waals surface area contributed by atoms with E-state index in [1.54, 1.807) is 18.5 Å². The summed E-state index contributed by atoms with van der Waals surface area (Å²) in [6, 6.07) is 20.8. The Bertz CT molecular complexity index is 1850. The molecule has 0 aliphatic carbocycles. The molecule has 0 saturated carbocycles. The third-order valence-electron chi connectivity index (χ3n) is 10.2. The maximum absolute atomic E-state index is 13.5. The van der Waals surface area contributed by atoms with Crippen molar-refractivity contribution in [3.8, 4) is 34.4 Å². The van der Waals surface area contributed by atoms with Crippen LogP contribution in [-0.2, 0) is 19.8 Å². The summed E-state index contributed by atoms with van der Waals surface area (Å²) >= 11 is 6.90. The highest BCUT2D eigenvalue weighted by Gasteiger charge is 2.23. The van der Waals surface area contributed by atoms with E-state index in [9.17, 15) is 9.65 Å². The van der Waals surface area contributed by atoms with Gasteiger partial charge in [-0.2, -0.15) is 5.26 Å². The van der Waals surface area contributed by atoms with Crippen molar-refractivity contribution in [3.05, 3.63) is 105 Å². The van der Waals surface area contributed by atoms with Gasteiger partial charge >= 0.3 is 0 Å². The first kappa shape index (κ1) is 36.6. The molecule has 3 aromatic carbocycles. The molecule has 0 amide bonds. The lowest BCUT2D eigenvalue weighted by Gasteiger charge is -2.33. The first-order valence-corrected chi connectivity index (χ1v) is 18.5. The van der Waals surface area contributed by atoms with E-state index in [4.69, 9.17) is 25.8 Å². The number of nitrogens with zero attached hydrogens (tertiary/aromatic N) is 4. The maximum Gasteiger partial charge on any atom is 0.142 e. The van der Waals surface area contributed by atoms with Gasteiger partial charge in [0.05, 0.1) is 17.2 Å². The Kier molecular flexibility index (Phi) is 12.5. The molecule has 2 aliphatic heterocycles. The van der Waals surface area contributed by atoms with Crippen LogP contribution in [-0.4, -0.2) is 59.8 Å². The fraction of sp³-hybridized carbons (Fsp3) is 0.429. The van der Waals surface area contributed by atoms with Crippen LogP contribution in [0.5, 0.6) is 17.2 Å². The minimum absolute atomic E-state index is 0.271. The molecule has 1 aromatic heterocycles. The summed E-state index contributed by atoms with van der Waals surface area (Å²) in [4.78, 5) is 8.85. The van der Waals surface area contributed by atoms with Crippen LogP contribution in [0.2, 0.25) is 5.02 Å². The van der Waals surface area contributed by atoms with Crippen molar-refractivity contribution in [2.45, 2.75) is 84.8 Å². The van der Waals surface area contributed by atoms with Crippen molar-refractivity contribution < 1.29 is 18.6 Å². The first-order valence-electron chi connectivity index (χ1n) is 18.1. The summed E-state index contributed by atoms with van der Waals surface area (Å²) in [5, 5.41) is 9.88. The van der Waals surface area contributed by atoms with Gasteiger partial charge in [-0.3, -0.25) is 9.88 Å². The predicted molar refractivity (Wildman–Crippen MR) is 200 cm³/mol. The number of halogens is 2. The maximum atomic E-state index is 13.5. The lowest BCUT2D eigenvalue weighted by molar-refractivity contribution is 0.150. The molecule has 0 bridgehead atoms. The van der Waals surface area contributed by atoms with Crippen LogP contribution < -0.4 is 14.2 Å². The molecule has 51 heavy (non-hydrogen) atoms. The topological polar surface area (TPSA) is 70.8 Å². The van der Waals surface area contributed by atoms with Crippen molar-refractivity contribution in [1.29, 1.82) is 5.26 Å². The lowest BCUT2D eigenvalue weighted by atomic mass is 9.93. The molecule has 6 rings (SSSR count). The molecule has 3 heterocycles. The Morgan fingerprint density at radius 2 is 1.69 bits per heavy atom. The van der Waals surface area contributed by atoms with Gasteiger partial charge in [-0.25, -0.2) is 4.39 Å². The third kappa shape index (κ3) is 9.39. The number of nitriles is 1. The van der Waals surface area contributed by atoms with Crippen molar-refractivity contribution >= 4 is 11.6 Å². The summed E-state index contributed by atoms with van der Waals surface area (Å²) in [5.41, 5.74) is 7.83. The number of piperidine rings is 1. The van der Waals surface area contributed by atoms with Gasteiger partial charge in [0.25, 0.3) is 0 Å². The molecule has 4 aromatic rings. The average Bonchev–Trinajstić information content (AvgIpc) is 3.56. The van der Waals surface area contributed by atoms with E-state index in [0.717, 1.165) is 77.3 Å². The highest BCUT2D eigenvalue weighted by atomic mass is 35.5. The number of aromatic nitrogens is 1. The number of pyridine rings is 1. The highest BCUT2D eigenvalue weighted by Crippen LogP contribution is 2.37. The van der Waals surface area contributed by atoms with Gasteiger partial charge in [0.2, 0.25) is 0 Å². The second-order valence-corrected chi connectivity index (χ2v) is 14.3. The normalized spacial score (nSPS) is 18.0. The summed E-state index contributed by atoms with van der Waals surface area (Å²) in [6.07, 6.45) is 7.68. The van der Waals surface area contributed by atoms with Crippen LogP contribution in [0.25, 0.3) is 11.1 Å². The standard InChI is InChI=1S/C42H48ClFN4O3/c1-29-9-4-5-16-48(29)25-35-20-39(43)42(21-41(35)50-27-33-19-32(22-45)23-46-24-33)51-28-34-10-6-11-37(30(34)2)38-12-7-13-40(31(38)3)49-18-8-15-47-17-14-36(44)26-47/h6-7,10-13,19-21,23-24,29,36H,4-5,8-9,14-18,25-28H2,1-3H3/t29-,36-/m1/s1. The molecule has 2 fully saturated rings. The lowest BCUT2D eigenvalue weighted by Crippen LogP contribution is -2.36. The number of benzene rings is 3. The number of hydrogen-bond donors (Lipinski definition) is 0. The zero-order valence-corrected chi connectivity index (χ0v) is 30.7. The Labute approximate surface area is 306 Å². The average molecular weight is 711 g/mol. The van der Waals surface area contributed by atoms with E-state index in [1.807, 2.05) is 24.3 Å². The van der Waals surface area contributed by atoms with Crippen LogP contribution >= 0.6 is 11.6 Å². The zero-order valence-electron chi connectivity index (χ0n) is 30.0. The van der Waals surface area contributed by atoms with Crippen molar-refractivity contribution in [2.75, 3.05) is 32.8 Å². The molecule has 268 valence electrons. The Balaban J connectivity index is 1.17. The Morgan fingerprint density at radius 3 is 2.47 bits per heavy atom. The van der Waals surface area contributed by atoms with Gasteiger partial charge in [0, 0.05) is 61.8 Å². The molecule has 0 radical (unpaired) electrons. The second-order valence-electron chi connectivity index (χ2n) is 13.9. The monoisotopic (exact) mass is 710 g/mol. The zero-order chi connectivity index (χ0) is 35.7. The van der Waals surface area contributed by atoms with Crippen LogP contribution in [0.15, 0.2) is 67.0 Å². The molecule has 0 N–H and O–H groups in total. The van der Waals surface area contributed by atoms with Gasteiger partial charge < -0.3 is 19.1 Å². The summed E-state index contributed by atoms with van der Waals surface area (Å²) in [6.45, 7) is 11.7. The van der Waals surface area contributed by atoms with Gasteiger partial charge in [-0.1, -0.05) is 48.4 Å². The number of alkyl halides is 1. The van der Waals surface area contributed by atoms with Crippen LogP contribution in [0.3, 0.4) is 0 Å². The number of likely N-dealkylation sites (tertiary alicyclic amines) is 2. The largest absolute Gasteiger partial charge is 0.493 e. The quantitative estimate of drug-likeness (QED) is 0.121. The third-order valence-corrected chi connectivity index (χ3v) is 10.5. The van der Waals surface area contributed by atoms with Crippen molar-refractivity contribution in [3.63, 3.8) is 0 Å². The molecular weight excluding hydrogens is 663 g/mol. The van der Waals surface area contributed by atoms with Crippen LogP contribution in [0, 0.1) is 25.2 Å². The molecular formula is C42H48ClFN4O3. The molecule has 0 spiro atoms. The molecule has 2 atom stereocenters. The fourth-order valence-corrected chi connectivity index (χ4v) is 7.39.